The van der Waals surface area contributed by atoms with Crippen molar-refractivity contribution in [1.29, 1.82) is 0 Å². The van der Waals surface area contributed by atoms with Crippen LogP contribution in [0.4, 0.5) is 0 Å². The van der Waals surface area contributed by atoms with E-state index in [0.717, 1.165) is 98.4 Å². The van der Waals surface area contributed by atoms with Crippen LogP contribution in [0.25, 0.3) is 45.0 Å². The Bertz CT molecular complexity index is 4010. The van der Waals surface area contributed by atoms with Crippen molar-refractivity contribution in [2.75, 3.05) is 52.9 Å². The molecular formula is C80H76N4O12S2. The molecule has 2 aliphatic carbocycles. The normalized spacial score (nSPS) is 11.6. The highest BCUT2D eigenvalue weighted by Crippen LogP contribution is 2.26. The van der Waals surface area contributed by atoms with Crippen LogP contribution in [0.1, 0.15) is 92.9 Å². The van der Waals surface area contributed by atoms with Crippen LogP contribution in [0, 0.1) is 0 Å². The van der Waals surface area contributed by atoms with Gasteiger partial charge in [-0.1, -0.05) is 66.8 Å². The van der Waals surface area contributed by atoms with Crippen LogP contribution in [0.5, 0.6) is 23.0 Å². The highest BCUT2D eigenvalue weighted by atomic mass is 32.1. The molecule has 16 nitrogen and oxygen atoms in total. The maximum Gasteiger partial charge on any atom is 0.357 e. The number of hydrogen-bond acceptors (Lipinski definition) is 18. The van der Waals surface area contributed by atoms with E-state index in [1.807, 2.05) is 239 Å². The van der Waals surface area contributed by atoms with Crippen LogP contribution in [0.2, 0.25) is 0 Å². The van der Waals surface area contributed by atoms with Gasteiger partial charge in [0.05, 0.1) is 62.4 Å². The molecule has 4 aromatic carbocycles. The number of thiophene rings is 2. The predicted octanol–water partition coefficient (Wildman–Crippen LogP) is 17.6. The molecule has 0 bridgehead atoms. The van der Waals surface area contributed by atoms with Gasteiger partial charge in [0.15, 0.2) is 0 Å². The lowest BCUT2D eigenvalue weighted by Crippen LogP contribution is -2.10. The summed E-state index contributed by atoms with van der Waals surface area (Å²) in [5, 5.41) is 6.08. The average molecular weight is 1350 g/mol. The molecule has 10 aromatic rings. The third-order valence-electron chi connectivity index (χ3n) is 14.5. The Balaban J connectivity index is 0.000000153. The number of hydrogen-bond donors (Lipinski definition) is 0. The van der Waals surface area contributed by atoms with Gasteiger partial charge in [0, 0.05) is 40.0 Å². The van der Waals surface area contributed by atoms with Crippen LogP contribution >= 0.6 is 22.7 Å². The van der Waals surface area contributed by atoms with Crippen LogP contribution in [0.15, 0.2) is 252 Å². The standard InChI is InChI=1S/2C20H19NO3S.2C20H19NO3/c1-2-23-16-10-8-15(9-11-16)18-6-3-7-19(21-18)20(22)24-13-12-17-5-4-14-25-17;1-2-23-17-8-6-16(7-9-17)18-4-3-5-19(21-18)20(22)24-12-10-15-11-13-25-14-15;2*1-2-23-17-12-10-16(11-13-17)18-8-5-9-19(21-18)20(22)24-14-15-6-3-4-7-15/h3-11,14H,2,12-13H2,1H3;3-9,11,13-14H,2,10,12H2,1H3;2*3,5-13H,2,4,14H2,1H3. The summed E-state index contributed by atoms with van der Waals surface area (Å²) >= 11 is 3.29. The number of carbonyl (C=O) groups excluding carboxylic acids is 4. The van der Waals surface area contributed by atoms with E-state index in [1.54, 1.807) is 46.9 Å². The smallest absolute Gasteiger partial charge is 0.357 e. The number of allylic oxidation sites excluding steroid dienone is 4. The summed E-state index contributed by atoms with van der Waals surface area (Å²) in [5.74, 6) is 1.63. The minimum Gasteiger partial charge on any atom is -0.494 e. The van der Waals surface area contributed by atoms with Crippen molar-refractivity contribution < 1.29 is 57.1 Å². The van der Waals surface area contributed by atoms with Crippen molar-refractivity contribution in [2.45, 2.75) is 53.4 Å². The van der Waals surface area contributed by atoms with Crippen LogP contribution in [-0.2, 0) is 31.8 Å². The predicted molar refractivity (Wildman–Crippen MR) is 384 cm³/mol. The molecule has 18 heteroatoms. The highest BCUT2D eigenvalue weighted by Gasteiger charge is 2.16. The summed E-state index contributed by atoms with van der Waals surface area (Å²) in [6, 6.07) is 58.0. The van der Waals surface area contributed by atoms with E-state index in [1.165, 1.54) is 10.4 Å². The Kier molecular flexibility index (Phi) is 28.0. The number of benzene rings is 4. The largest absolute Gasteiger partial charge is 0.494 e. The van der Waals surface area contributed by atoms with Gasteiger partial charge in [-0.15, -0.1) is 11.3 Å². The molecule has 500 valence electrons. The first kappa shape index (κ1) is 71.2. The van der Waals surface area contributed by atoms with E-state index >= 15 is 0 Å². The molecule has 98 heavy (non-hydrogen) atoms. The molecular weight excluding hydrogens is 1270 g/mol. The van der Waals surface area contributed by atoms with Crippen molar-refractivity contribution in [2.24, 2.45) is 0 Å². The number of esters is 4. The molecule has 0 saturated carbocycles. The Labute approximate surface area is 579 Å². The van der Waals surface area contributed by atoms with Crippen molar-refractivity contribution >= 4 is 46.6 Å². The first-order valence-electron chi connectivity index (χ1n) is 32.3. The Morgan fingerprint density at radius 2 is 0.724 bits per heavy atom. The van der Waals surface area contributed by atoms with Gasteiger partial charge in [-0.25, -0.2) is 39.1 Å². The molecule has 2 aliphatic rings. The number of pyridine rings is 4. The number of rotatable bonds is 26. The lowest BCUT2D eigenvalue weighted by molar-refractivity contribution is 0.0493. The van der Waals surface area contributed by atoms with E-state index in [2.05, 4.69) is 25.3 Å². The van der Waals surface area contributed by atoms with E-state index in [9.17, 15) is 19.2 Å². The fourth-order valence-corrected chi connectivity index (χ4v) is 11.0. The molecule has 0 spiro atoms. The van der Waals surface area contributed by atoms with Crippen molar-refractivity contribution in [3.8, 4) is 68.0 Å². The summed E-state index contributed by atoms with van der Waals surface area (Å²) in [6.45, 7) is 11.6. The molecule has 0 saturated heterocycles. The summed E-state index contributed by atoms with van der Waals surface area (Å²) in [4.78, 5) is 67.6. The molecule has 0 amide bonds. The fourth-order valence-electron chi connectivity index (χ4n) is 9.61. The second-order valence-corrected chi connectivity index (χ2v) is 23.2. The fraction of sp³-hybridized carbons (Fsp3) is 0.200. The SMILES string of the molecule is CCOc1ccc(-c2cccc(C(=O)OCC3=CCC=C3)n2)cc1.CCOc1ccc(-c2cccc(C(=O)OCC3=CCC=C3)n2)cc1.CCOc1ccc(-c2cccc(C(=O)OCCc3cccs3)n2)cc1.CCOc1ccc(-c2cccc(C(=O)OCCc3ccsc3)n2)cc1. The highest BCUT2D eigenvalue weighted by molar-refractivity contribution is 7.09. The molecule has 6 aromatic heterocycles. The first-order chi connectivity index (χ1) is 48.0. The van der Waals surface area contributed by atoms with Crippen molar-refractivity contribution in [3.63, 3.8) is 0 Å². The van der Waals surface area contributed by atoms with E-state index in [4.69, 9.17) is 37.9 Å². The maximum atomic E-state index is 12.2. The molecule has 6 heterocycles. The molecule has 0 N–H and O–H groups in total. The second-order valence-electron chi connectivity index (χ2n) is 21.4. The first-order valence-corrected chi connectivity index (χ1v) is 34.1. The Morgan fingerprint density at radius 3 is 1.02 bits per heavy atom. The number of carbonyl (C=O) groups is 4. The molecule has 0 unspecified atom stereocenters. The van der Waals surface area contributed by atoms with Gasteiger partial charge in [0.25, 0.3) is 0 Å². The lowest BCUT2D eigenvalue weighted by atomic mass is 10.1. The second kappa shape index (κ2) is 38.5. The molecule has 0 aliphatic heterocycles. The molecule has 12 rings (SSSR count). The average Bonchev–Trinajstić information content (AvgIpc) is 1.04. The Hall–Kier alpha value is -11.1. The van der Waals surface area contributed by atoms with Gasteiger partial charge in [-0.2, -0.15) is 11.3 Å². The van der Waals surface area contributed by atoms with E-state index in [0.29, 0.717) is 68.8 Å². The van der Waals surface area contributed by atoms with Gasteiger partial charge in [-0.3, -0.25) is 0 Å². The summed E-state index contributed by atoms with van der Waals surface area (Å²) in [6.07, 6.45) is 15.3. The van der Waals surface area contributed by atoms with E-state index in [-0.39, 0.29) is 13.2 Å². The topological polar surface area (TPSA) is 194 Å². The minimum absolute atomic E-state index is 0.282. The van der Waals surface area contributed by atoms with Gasteiger partial charge in [0.1, 0.15) is 59.0 Å². The monoisotopic (exact) mass is 1350 g/mol. The summed E-state index contributed by atoms with van der Waals surface area (Å²) in [7, 11) is 0. The zero-order chi connectivity index (χ0) is 68.5. The van der Waals surface area contributed by atoms with Crippen LogP contribution < -0.4 is 18.9 Å². The van der Waals surface area contributed by atoms with Crippen molar-refractivity contribution in [3.05, 3.63) is 285 Å². The summed E-state index contributed by atoms with van der Waals surface area (Å²) < 4.78 is 43.0. The number of aromatic nitrogens is 4. The molecule has 0 fully saturated rings. The van der Waals surface area contributed by atoms with Gasteiger partial charge in [-0.05, 0) is 231 Å². The van der Waals surface area contributed by atoms with E-state index < -0.39 is 23.9 Å². The third kappa shape index (κ3) is 22.5. The number of nitrogens with zero attached hydrogens (tertiary/aromatic N) is 4. The third-order valence-corrected chi connectivity index (χ3v) is 16.1. The minimum atomic E-state index is -0.413. The Morgan fingerprint density at radius 1 is 0.378 bits per heavy atom. The zero-order valence-electron chi connectivity index (χ0n) is 55.1. The quantitative estimate of drug-likeness (QED) is 0.0367. The number of ether oxygens (including phenoxy) is 8. The van der Waals surface area contributed by atoms with Gasteiger partial charge < -0.3 is 37.9 Å². The van der Waals surface area contributed by atoms with Crippen LogP contribution in [0.3, 0.4) is 0 Å². The van der Waals surface area contributed by atoms with Crippen LogP contribution in [-0.4, -0.2) is 96.7 Å². The molecule has 0 atom stereocenters. The van der Waals surface area contributed by atoms with Gasteiger partial charge in [0.2, 0.25) is 0 Å². The van der Waals surface area contributed by atoms with Crippen molar-refractivity contribution in [1.82, 2.24) is 19.9 Å². The van der Waals surface area contributed by atoms with Gasteiger partial charge >= 0.3 is 23.9 Å². The lowest BCUT2D eigenvalue weighted by Gasteiger charge is -2.07. The molecule has 0 radical (unpaired) electrons. The zero-order valence-corrected chi connectivity index (χ0v) is 56.7. The maximum absolute atomic E-state index is 12.2. The summed E-state index contributed by atoms with van der Waals surface area (Å²) in [5.41, 5.74) is 11.1.